The number of hydrogen-bond donors (Lipinski definition) is 2. The van der Waals surface area contributed by atoms with Crippen molar-refractivity contribution in [1.82, 2.24) is 15.5 Å². The Hall–Kier alpha value is -2.96. The molecule has 7 heteroatoms. The highest BCUT2D eigenvalue weighted by molar-refractivity contribution is 6.04. The van der Waals surface area contributed by atoms with E-state index in [0.29, 0.717) is 6.29 Å². The number of rotatable bonds is 6. The Balaban J connectivity index is 2.70. The molecule has 0 unspecified atom stereocenters. The summed E-state index contributed by atoms with van der Waals surface area (Å²) in [5.74, 6) is -1.06. The number of benzene rings is 1. The summed E-state index contributed by atoms with van der Waals surface area (Å²) < 4.78 is 0. The molecule has 0 radical (unpaired) electrons. The van der Waals surface area contributed by atoms with Crippen molar-refractivity contribution in [2.45, 2.75) is 0 Å². The average molecular weight is 303 g/mol. The molecule has 22 heavy (non-hydrogen) atoms. The zero-order valence-corrected chi connectivity index (χ0v) is 12.1. The van der Waals surface area contributed by atoms with E-state index in [1.54, 1.807) is 12.1 Å². The fourth-order valence-electron chi connectivity index (χ4n) is 1.51. The quantitative estimate of drug-likeness (QED) is 0.579. The molecule has 7 nitrogen and oxygen atoms in total. The number of nitrogens with zero attached hydrogens (tertiary/aromatic N) is 1. The Bertz CT molecular complexity index is 569. The molecule has 0 bridgehead atoms. The van der Waals surface area contributed by atoms with Crippen LogP contribution in [0.25, 0.3) is 6.08 Å². The molecule has 1 rings (SSSR count). The molecule has 0 aliphatic heterocycles. The minimum absolute atomic E-state index is 0.277. The van der Waals surface area contributed by atoms with Crippen molar-refractivity contribution in [3.8, 4) is 0 Å². The second-order valence-electron chi connectivity index (χ2n) is 4.19. The number of carbonyl (C=O) groups is 4. The van der Waals surface area contributed by atoms with E-state index in [2.05, 4.69) is 10.6 Å². The first-order chi connectivity index (χ1) is 10.6. The standard InChI is InChI=1S/C15H17N3O4/c1-16-13(20)11-17-15(22)18(9-10-19)14(21)8-7-12-5-3-2-4-6-12/h2-8,10H,9,11H2,1H3,(H,16,20)(H,17,22)/b8-7+. The lowest BCUT2D eigenvalue weighted by Gasteiger charge is -2.16. The number of urea groups is 1. The number of aldehydes is 1. The lowest BCUT2D eigenvalue weighted by atomic mass is 10.2. The van der Waals surface area contributed by atoms with Gasteiger partial charge in [-0.3, -0.25) is 14.5 Å². The second kappa shape index (κ2) is 9.06. The first-order valence-electron chi connectivity index (χ1n) is 6.55. The van der Waals surface area contributed by atoms with Gasteiger partial charge in [-0.1, -0.05) is 30.3 Å². The minimum atomic E-state index is -0.807. The molecule has 0 aromatic heterocycles. The average Bonchev–Trinajstić information content (AvgIpc) is 2.55. The molecule has 2 N–H and O–H groups in total. The van der Waals surface area contributed by atoms with Gasteiger partial charge in [0.1, 0.15) is 6.29 Å². The Morgan fingerprint density at radius 2 is 1.86 bits per heavy atom. The van der Waals surface area contributed by atoms with E-state index in [9.17, 15) is 19.2 Å². The normalized spacial score (nSPS) is 10.0. The van der Waals surface area contributed by atoms with E-state index in [0.717, 1.165) is 10.5 Å². The van der Waals surface area contributed by atoms with E-state index in [1.165, 1.54) is 19.2 Å². The van der Waals surface area contributed by atoms with Crippen LogP contribution in [0.15, 0.2) is 36.4 Å². The first kappa shape index (κ1) is 17.1. The third kappa shape index (κ3) is 5.58. The van der Waals surface area contributed by atoms with Crippen molar-refractivity contribution in [2.75, 3.05) is 20.1 Å². The van der Waals surface area contributed by atoms with Crippen LogP contribution < -0.4 is 10.6 Å². The van der Waals surface area contributed by atoms with E-state index < -0.39 is 24.4 Å². The monoisotopic (exact) mass is 303 g/mol. The van der Waals surface area contributed by atoms with Gasteiger partial charge >= 0.3 is 6.03 Å². The van der Waals surface area contributed by atoms with Crippen molar-refractivity contribution in [3.63, 3.8) is 0 Å². The van der Waals surface area contributed by atoms with Gasteiger partial charge < -0.3 is 15.4 Å². The molecule has 0 aliphatic carbocycles. The van der Waals surface area contributed by atoms with Crippen LogP contribution >= 0.6 is 0 Å². The lowest BCUT2D eigenvalue weighted by Crippen LogP contribution is -2.46. The first-order valence-corrected chi connectivity index (χ1v) is 6.55. The molecule has 0 heterocycles. The van der Waals surface area contributed by atoms with Gasteiger partial charge in [0.25, 0.3) is 5.91 Å². The summed E-state index contributed by atoms with van der Waals surface area (Å²) in [5, 5.41) is 4.59. The maximum Gasteiger partial charge on any atom is 0.325 e. The molecule has 0 saturated heterocycles. The molecule has 1 aromatic carbocycles. The van der Waals surface area contributed by atoms with Crippen LogP contribution in [-0.2, 0) is 14.4 Å². The molecule has 116 valence electrons. The number of imide groups is 1. The van der Waals surface area contributed by atoms with Crippen LogP contribution in [0, 0.1) is 0 Å². The summed E-state index contributed by atoms with van der Waals surface area (Å²) in [6.45, 7) is -0.669. The smallest absolute Gasteiger partial charge is 0.325 e. The van der Waals surface area contributed by atoms with Crippen LogP contribution in [0.1, 0.15) is 5.56 Å². The Morgan fingerprint density at radius 1 is 1.18 bits per heavy atom. The molecule has 1 aromatic rings. The molecule has 0 atom stereocenters. The van der Waals surface area contributed by atoms with Crippen LogP contribution in [-0.4, -0.2) is 49.2 Å². The van der Waals surface area contributed by atoms with Gasteiger partial charge in [-0.25, -0.2) is 4.79 Å². The highest BCUT2D eigenvalue weighted by atomic mass is 16.2. The van der Waals surface area contributed by atoms with Gasteiger partial charge in [-0.15, -0.1) is 0 Å². The van der Waals surface area contributed by atoms with Gasteiger partial charge in [-0.05, 0) is 11.6 Å². The zero-order valence-electron chi connectivity index (χ0n) is 12.1. The van der Waals surface area contributed by atoms with Crippen molar-refractivity contribution >= 4 is 30.2 Å². The third-order valence-electron chi connectivity index (χ3n) is 2.67. The van der Waals surface area contributed by atoms with Gasteiger partial charge in [0.05, 0.1) is 13.1 Å². The second-order valence-corrected chi connectivity index (χ2v) is 4.19. The Morgan fingerprint density at radius 3 is 2.45 bits per heavy atom. The summed E-state index contributed by atoms with van der Waals surface area (Å²) in [6, 6.07) is 8.23. The van der Waals surface area contributed by atoms with E-state index >= 15 is 0 Å². The lowest BCUT2D eigenvalue weighted by molar-refractivity contribution is -0.125. The maximum absolute atomic E-state index is 12.0. The highest BCUT2D eigenvalue weighted by Crippen LogP contribution is 2.02. The van der Waals surface area contributed by atoms with Crippen LogP contribution in [0.2, 0.25) is 0 Å². The van der Waals surface area contributed by atoms with Gasteiger partial charge in [0.2, 0.25) is 5.91 Å². The number of hydrogen-bond acceptors (Lipinski definition) is 4. The molecule has 0 fully saturated rings. The number of likely N-dealkylation sites (N-methyl/N-ethyl adjacent to an activating group) is 1. The summed E-state index contributed by atoms with van der Waals surface area (Å²) in [4.78, 5) is 46.2. The van der Waals surface area contributed by atoms with Crippen LogP contribution in [0.4, 0.5) is 4.79 Å². The van der Waals surface area contributed by atoms with E-state index in [-0.39, 0.29) is 6.54 Å². The summed E-state index contributed by atoms with van der Waals surface area (Å²) >= 11 is 0. The van der Waals surface area contributed by atoms with Crippen LogP contribution in [0.5, 0.6) is 0 Å². The van der Waals surface area contributed by atoms with Gasteiger partial charge in [0, 0.05) is 13.1 Å². The summed E-state index contributed by atoms with van der Waals surface area (Å²) in [7, 11) is 1.42. The molecule has 0 saturated carbocycles. The Labute approximate surface area is 128 Å². The van der Waals surface area contributed by atoms with Crippen molar-refractivity contribution in [1.29, 1.82) is 0 Å². The van der Waals surface area contributed by atoms with Crippen molar-refractivity contribution in [3.05, 3.63) is 42.0 Å². The van der Waals surface area contributed by atoms with E-state index in [1.807, 2.05) is 18.2 Å². The fourth-order valence-corrected chi connectivity index (χ4v) is 1.51. The number of carbonyl (C=O) groups excluding carboxylic acids is 4. The van der Waals surface area contributed by atoms with Crippen molar-refractivity contribution in [2.24, 2.45) is 0 Å². The van der Waals surface area contributed by atoms with Gasteiger partial charge in [0.15, 0.2) is 0 Å². The molecular formula is C15H17N3O4. The SMILES string of the molecule is CNC(=O)CNC(=O)N(CC=O)C(=O)/C=C/c1ccccc1. The van der Waals surface area contributed by atoms with E-state index in [4.69, 9.17) is 0 Å². The Kier molecular flexibility index (Phi) is 7.04. The largest absolute Gasteiger partial charge is 0.358 e. The number of amides is 4. The van der Waals surface area contributed by atoms with Crippen molar-refractivity contribution < 1.29 is 19.2 Å². The molecule has 0 aliphatic rings. The topological polar surface area (TPSA) is 95.6 Å². The maximum atomic E-state index is 12.0. The zero-order chi connectivity index (χ0) is 16.4. The minimum Gasteiger partial charge on any atom is -0.358 e. The molecule has 4 amide bonds. The predicted octanol–water partition coefficient (Wildman–Crippen LogP) is 0.183. The van der Waals surface area contributed by atoms with Crippen LogP contribution in [0.3, 0.4) is 0 Å². The number of nitrogens with one attached hydrogen (secondary N) is 2. The molecule has 0 spiro atoms. The summed E-state index contributed by atoms with van der Waals surface area (Å²) in [6.07, 6.45) is 3.16. The summed E-state index contributed by atoms with van der Waals surface area (Å²) in [5.41, 5.74) is 0.785. The fraction of sp³-hybridized carbons (Fsp3) is 0.200. The van der Waals surface area contributed by atoms with Gasteiger partial charge in [-0.2, -0.15) is 0 Å². The predicted molar refractivity (Wildman–Crippen MR) is 80.7 cm³/mol. The molecular weight excluding hydrogens is 286 g/mol. The third-order valence-corrected chi connectivity index (χ3v) is 2.67. The highest BCUT2D eigenvalue weighted by Gasteiger charge is 2.19.